The first-order valence-electron chi connectivity index (χ1n) is 7.17. The van der Waals surface area contributed by atoms with Crippen molar-refractivity contribution in [3.63, 3.8) is 0 Å². The highest BCUT2D eigenvalue weighted by molar-refractivity contribution is 7.90. The summed E-state index contributed by atoms with van der Waals surface area (Å²) < 4.78 is 48.4. The number of hydrogen-bond acceptors (Lipinski definition) is 5. The Bertz CT molecular complexity index is 802. The lowest BCUT2D eigenvalue weighted by Crippen LogP contribution is -2.49. The highest BCUT2D eigenvalue weighted by atomic mass is 32.2. The summed E-state index contributed by atoms with van der Waals surface area (Å²) in [7, 11) is -6.99. The summed E-state index contributed by atoms with van der Waals surface area (Å²) in [6.45, 7) is 0.296. The Hall–Kier alpha value is -1.45. The highest BCUT2D eigenvalue weighted by Gasteiger charge is 2.34. The van der Waals surface area contributed by atoms with Gasteiger partial charge in [0.25, 0.3) is 0 Å². The first-order chi connectivity index (χ1) is 10.6. The van der Waals surface area contributed by atoms with E-state index in [1.165, 1.54) is 16.4 Å². The van der Waals surface area contributed by atoms with E-state index in [-0.39, 0.29) is 10.6 Å². The van der Waals surface area contributed by atoms with Gasteiger partial charge in [-0.3, -0.25) is 4.79 Å². The molecular formula is C14H20N2O5S2. The number of hydrogen-bond donors (Lipinski definition) is 1. The second-order valence-electron chi connectivity index (χ2n) is 5.64. The van der Waals surface area contributed by atoms with Crippen LogP contribution < -0.4 is 5.32 Å². The molecule has 1 aromatic rings. The fraction of sp³-hybridized carbons (Fsp3) is 0.500. The third-order valence-electron chi connectivity index (χ3n) is 3.73. The van der Waals surface area contributed by atoms with Gasteiger partial charge in [0.05, 0.1) is 16.8 Å². The maximum absolute atomic E-state index is 12.5. The van der Waals surface area contributed by atoms with Crippen LogP contribution in [-0.4, -0.2) is 52.1 Å². The molecule has 128 valence electrons. The molecule has 0 saturated carbocycles. The molecule has 23 heavy (non-hydrogen) atoms. The van der Waals surface area contributed by atoms with E-state index in [0.29, 0.717) is 19.4 Å². The molecule has 1 fully saturated rings. The predicted octanol–water partition coefficient (Wildman–Crippen LogP) is 0.843. The molecule has 1 unspecified atom stereocenters. The van der Waals surface area contributed by atoms with Crippen LogP contribution in [0.3, 0.4) is 0 Å². The Labute approximate surface area is 136 Å². The molecule has 0 aromatic heterocycles. The number of amides is 1. The van der Waals surface area contributed by atoms with E-state index < -0.39 is 31.8 Å². The molecule has 0 bridgehead atoms. The number of para-hydroxylation sites is 1. The first-order valence-corrected chi connectivity index (χ1v) is 10.9. The predicted molar refractivity (Wildman–Crippen MR) is 87.4 cm³/mol. The number of anilines is 1. The molecule has 1 N–H and O–H groups in total. The minimum atomic E-state index is -3.50. The lowest BCUT2D eigenvalue weighted by molar-refractivity contribution is -0.120. The van der Waals surface area contributed by atoms with E-state index in [1.54, 1.807) is 12.1 Å². The quantitative estimate of drug-likeness (QED) is 0.858. The molecule has 0 aliphatic carbocycles. The Morgan fingerprint density at radius 3 is 2.39 bits per heavy atom. The smallest absolute Gasteiger partial charge is 0.242 e. The molecule has 1 heterocycles. The summed E-state index contributed by atoms with van der Waals surface area (Å²) in [5.41, 5.74) is 0.166. The fourth-order valence-electron chi connectivity index (χ4n) is 2.67. The average Bonchev–Trinajstić information content (AvgIpc) is 2.46. The van der Waals surface area contributed by atoms with Gasteiger partial charge in [-0.2, -0.15) is 4.31 Å². The van der Waals surface area contributed by atoms with E-state index >= 15 is 0 Å². The first kappa shape index (κ1) is 17.9. The van der Waals surface area contributed by atoms with Crippen LogP contribution in [0, 0.1) is 0 Å². The van der Waals surface area contributed by atoms with Crippen LogP contribution in [-0.2, 0) is 24.7 Å². The van der Waals surface area contributed by atoms with Crippen molar-refractivity contribution in [3.8, 4) is 0 Å². The summed E-state index contributed by atoms with van der Waals surface area (Å²) in [6, 6.07) is 5.25. The second-order valence-corrected chi connectivity index (χ2v) is 9.56. The Kier molecular flexibility index (Phi) is 5.12. The molecule has 1 saturated heterocycles. The van der Waals surface area contributed by atoms with E-state index in [2.05, 4.69) is 5.32 Å². The number of nitrogens with zero attached hydrogens (tertiary/aromatic N) is 1. The molecule has 1 aromatic carbocycles. The van der Waals surface area contributed by atoms with Crippen LogP contribution in [0.15, 0.2) is 29.2 Å². The van der Waals surface area contributed by atoms with Crippen LogP contribution in [0.5, 0.6) is 0 Å². The van der Waals surface area contributed by atoms with E-state index in [9.17, 15) is 21.6 Å². The van der Waals surface area contributed by atoms with Crippen molar-refractivity contribution in [3.05, 3.63) is 24.3 Å². The largest absolute Gasteiger partial charge is 0.324 e. The van der Waals surface area contributed by atoms with Crippen LogP contribution >= 0.6 is 0 Å². The molecule has 9 heteroatoms. The van der Waals surface area contributed by atoms with Crippen LogP contribution in [0.2, 0.25) is 0 Å². The van der Waals surface area contributed by atoms with Crippen molar-refractivity contribution in [2.24, 2.45) is 0 Å². The molecule has 2 rings (SSSR count). The number of carbonyl (C=O) groups excluding carboxylic acids is 1. The van der Waals surface area contributed by atoms with Crippen molar-refractivity contribution in [1.82, 2.24) is 4.31 Å². The zero-order chi connectivity index (χ0) is 17.3. The maximum Gasteiger partial charge on any atom is 0.242 e. The monoisotopic (exact) mass is 360 g/mol. The van der Waals surface area contributed by atoms with Gasteiger partial charge in [-0.05, 0) is 25.0 Å². The van der Waals surface area contributed by atoms with Gasteiger partial charge in [0.1, 0.15) is 6.04 Å². The van der Waals surface area contributed by atoms with E-state index in [1.807, 2.05) is 0 Å². The van der Waals surface area contributed by atoms with Crippen LogP contribution in [0.1, 0.15) is 19.3 Å². The number of benzene rings is 1. The molecule has 1 aliphatic heterocycles. The standard InChI is InChI=1S/C14H20N2O5S2/c1-22(18,19)13-9-4-3-7-11(13)15-14(17)12-8-5-6-10-16(12)23(2,20)21/h3-4,7,9,12H,5-6,8,10H2,1-2H3,(H,15,17). The van der Waals surface area contributed by atoms with E-state index in [0.717, 1.165) is 18.9 Å². The summed E-state index contributed by atoms with van der Waals surface area (Å²) >= 11 is 0. The van der Waals surface area contributed by atoms with Crippen LogP contribution in [0.25, 0.3) is 0 Å². The number of sulfone groups is 1. The molecular weight excluding hydrogens is 340 g/mol. The third-order valence-corrected chi connectivity index (χ3v) is 6.17. The second kappa shape index (κ2) is 6.58. The summed E-state index contributed by atoms with van der Waals surface area (Å²) in [4.78, 5) is 12.5. The van der Waals surface area contributed by atoms with Crippen LogP contribution in [0.4, 0.5) is 5.69 Å². The number of nitrogens with one attached hydrogen (secondary N) is 1. The fourth-order valence-corrected chi connectivity index (χ4v) is 4.64. The summed E-state index contributed by atoms with van der Waals surface area (Å²) in [5.74, 6) is -0.508. The molecule has 7 nitrogen and oxygen atoms in total. The third kappa shape index (κ3) is 4.30. The topological polar surface area (TPSA) is 101 Å². The molecule has 1 aliphatic rings. The Morgan fingerprint density at radius 2 is 1.78 bits per heavy atom. The van der Waals surface area contributed by atoms with Gasteiger partial charge >= 0.3 is 0 Å². The van der Waals surface area contributed by atoms with Crippen molar-refractivity contribution >= 4 is 31.5 Å². The van der Waals surface area contributed by atoms with Crippen molar-refractivity contribution < 1.29 is 21.6 Å². The van der Waals surface area contributed by atoms with Crippen molar-refractivity contribution in [2.75, 3.05) is 24.4 Å². The van der Waals surface area contributed by atoms with Gasteiger partial charge in [0.15, 0.2) is 9.84 Å². The van der Waals surface area contributed by atoms with Crippen molar-refractivity contribution in [1.29, 1.82) is 0 Å². The SMILES string of the molecule is CS(=O)(=O)c1ccccc1NC(=O)C1CCCCN1S(C)(=O)=O. The number of sulfonamides is 1. The van der Waals surface area contributed by atoms with Gasteiger partial charge in [-0.25, -0.2) is 16.8 Å². The van der Waals surface area contributed by atoms with E-state index in [4.69, 9.17) is 0 Å². The van der Waals surface area contributed by atoms with Gasteiger partial charge in [-0.1, -0.05) is 18.6 Å². The van der Waals surface area contributed by atoms with Gasteiger partial charge in [-0.15, -0.1) is 0 Å². The lowest BCUT2D eigenvalue weighted by Gasteiger charge is -2.32. The normalized spacial score (nSPS) is 20.2. The lowest BCUT2D eigenvalue weighted by atomic mass is 10.0. The zero-order valence-electron chi connectivity index (χ0n) is 13.0. The zero-order valence-corrected chi connectivity index (χ0v) is 14.7. The Balaban J connectivity index is 2.29. The summed E-state index contributed by atoms with van der Waals surface area (Å²) in [5, 5.41) is 2.56. The van der Waals surface area contributed by atoms with Gasteiger partial charge in [0.2, 0.25) is 15.9 Å². The van der Waals surface area contributed by atoms with Crippen molar-refractivity contribution in [2.45, 2.75) is 30.2 Å². The molecule has 0 spiro atoms. The average molecular weight is 360 g/mol. The summed E-state index contributed by atoms with van der Waals surface area (Å²) in [6.07, 6.45) is 4.00. The molecule has 0 radical (unpaired) electrons. The highest BCUT2D eigenvalue weighted by Crippen LogP contribution is 2.24. The van der Waals surface area contributed by atoms with Gasteiger partial charge in [0, 0.05) is 12.8 Å². The number of carbonyl (C=O) groups is 1. The number of piperidine rings is 1. The Morgan fingerprint density at radius 1 is 1.13 bits per heavy atom. The number of rotatable bonds is 4. The van der Waals surface area contributed by atoms with Gasteiger partial charge < -0.3 is 5.32 Å². The molecule has 1 atom stereocenters. The minimum absolute atomic E-state index is 0.00932. The maximum atomic E-state index is 12.5. The minimum Gasteiger partial charge on any atom is -0.324 e. The molecule has 1 amide bonds.